The van der Waals surface area contributed by atoms with Crippen molar-refractivity contribution in [2.45, 2.75) is 45.8 Å². The van der Waals surface area contributed by atoms with Crippen molar-refractivity contribution in [1.29, 1.82) is 0 Å². The van der Waals surface area contributed by atoms with Crippen LogP contribution >= 0.6 is 0 Å². The van der Waals surface area contributed by atoms with Crippen LogP contribution in [-0.2, 0) is 11.3 Å². The van der Waals surface area contributed by atoms with Crippen LogP contribution in [0.15, 0.2) is 6.20 Å². The molecule has 0 radical (unpaired) electrons. The fourth-order valence-electron chi connectivity index (χ4n) is 2.59. The quantitative estimate of drug-likeness (QED) is 0.684. The Morgan fingerprint density at radius 3 is 3.00 bits per heavy atom. The second kappa shape index (κ2) is 4.77. The van der Waals surface area contributed by atoms with Crippen LogP contribution in [0.25, 0.3) is 11.0 Å². The van der Waals surface area contributed by atoms with Gasteiger partial charge in [0.1, 0.15) is 11.7 Å². The lowest BCUT2D eigenvalue weighted by Gasteiger charge is -2.06. The van der Waals surface area contributed by atoms with Crippen molar-refractivity contribution < 1.29 is 9.53 Å². The van der Waals surface area contributed by atoms with Crippen LogP contribution in [0.4, 0.5) is 5.69 Å². The fraction of sp³-hybridized carbons (Fsp3) is 0.500. The Bertz CT molecular complexity index is 677. The van der Waals surface area contributed by atoms with E-state index >= 15 is 0 Å². The van der Waals surface area contributed by atoms with Crippen LogP contribution in [0.1, 0.15) is 55.3 Å². The van der Waals surface area contributed by atoms with Crippen LogP contribution in [0.2, 0.25) is 0 Å². The maximum atomic E-state index is 11.8. The molecule has 3 rings (SSSR count). The molecule has 6 heteroatoms. The number of unbranched alkanes of at least 4 members (excludes halogenated alkanes) is 2. The van der Waals surface area contributed by atoms with E-state index in [4.69, 9.17) is 10.5 Å². The number of esters is 1. The van der Waals surface area contributed by atoms with Crippen molar-refractivity contribution in [3.63, 3.8) is 0 Å². The second-order valence-corrected chi connectivity index (χ2v) is 5.15. The number of nitrogen functional groups attached to an aromatic ring is 1. The highest BCUT2D eigenvalue weighted by Gasteiger charge is 2.33. The number of nitrogens with zero attached hydrogens (tertiary/aromatic N) is 3. The van der Waals surface area contributed by atoms with Gasteiger partial charge in [0, 0.05) is 6.54 Å². The maximum absolute atomic E-state index is 11.8. The number of carbonyl (C=O) groups is 1. The first kappa shape index (κ1) is 12.9. The number of hydrogen-bond donors (Lipinski definition) is 1. The summed E-state index contributed by atoms with van der Waals surface area (Å²) in [6, 6.07) is 0. The van der Waals surface area contributed by atoms with Gasteiger partial charge in [0.25, 0.3) is 0 Å². The Labute approximate surface area is 116 Å². The van der Waals surface area contributed by atoms with Crippen molar-refractivity contribution in [3.8, 4) is 0 Å². The molecule has 3 heterocycles. The topological polar surface area (TPSA) is 83.0 Å². The van der Waals surface area contributed by atoms with Gasteiger partial charge in [0.05, 0.1) is 23.0 Å². The number of cyclic esters (lactones) is 1. The Morgan fingerprint density at radius 2 is 2.25 bits per heavy atom. The summed E-state index contributed by atoms with van der Waals surface area (Å²) in [6.07, 6.45) is 4.70. The molecule has 2 N–H and O–H groups in total. The van der Waals surface area contributed by atoms with E-state index in [2.05, 4.69) is 17.0 Å². The van der Waals surface area contributed by atoms with Gasteiger partial charge in [-0.15, -0.1) is 0 Å². The number of hydrogen-bond acceptors (Lipinski definition) is 5. The number of carbonyl (C=O) groups excluding carboxylic acids is 1. The van der Waals surface area contributed by atoms with Gasteiger partial charge in [-0.25, -0.2) is 14.5 Å². The van der Waals surface area contributed by atoms with Gasteiger partial charge in [-0.1, -0.05) is 19.8 Å². The van der Waals surface area contributed by atoms with E-state index in [1.807, 2.05) is 4.68 Å². The summed E-state index contributed by atoms with van der Waals surface area (Å²) in [6.45, 7) is 4.78. The second-order valence-electron chi connectivity index (χ2n) is 5.15. The number of rotatable bonds is 4. The zero-order valence-corrected chi connectivity index (χ0v) is 11.7. The third-order valence-electron chi connectivity index (χ3n) is 3.70. The highest BCUT2D eigenvalue weighted by molar-refractivity contribution is 6.06. The SMILES string of the molecule is CCCCCn1ncc2c(N)c3c(nc21)C(C)OC3=O. The summed E-state index contributed by atoms with van der Waals surface area (Å²) in [5, 5.41) is 5.07. The Balaban J connectivity index is 2.08. The maximum Gasteiger partial charge on any atom is 0.342 e. The van der Waals surface area contributed by atoms with Crippen LogP contribution < -0.4 is 5.73 Å². The van der Waals surface area contributed by atoms with Crippen LogP contribution in [-0.4, -0.2) is 20.7 Å². The molecular formula is C14H18N4O2. The van der Waals surface area contributed by atoms with Gasteiger partial charge in [0.2, 0.25) is 0 Å². The van der Waals surface area contributed by atoms with E-state index in [1.54, 1.807) is 13.1 Å². The fourth-order valence-corrected chi connectivity index (χ4v) is 2.59. The molecular weight excluding hydrogens is 256 g/mol. The molecule has 20 heavy (non-hydrogen) atoms. The average Bonchev–Trinajstić information content (AvgIpc) is 2.94. The van der Waals surface area contributed by atoms with Crippen molar-refractivity contribution in [2.75, 3.05) is 5.73 Å². The van der Waals surface area contributed by atoms with Crippen LogP contribution in [0.5, 0.6) is 0 Å². The standard InChI is InChI=1S/C14H18N4O2/c1-3-4-5-6-18-13-9(7-16-18)11(15)10-12(17-13)8(2)20-14(10)19/h7-8H,3-6H2,1-2H3,(H2,15,17). The van der Waals surface area contributed by atoms with E-state index in [0.29, 0.717) is 16.9 Å². The van der Waals surface area contributed by atoms with Gasteiger partial charge in [-0.2, -0.15) is 5.10 Å². The summed E-state index contributed by atoms with van der Waals surface area (Å²) in [7, 11) is 0. The Morgan fingerprint density at radius 1 is 1.45 bits per heavy atom. The number of aryl methyl sites for hydroxylation is 1. The summed E-state index contributed by atoms with van der Waals surface area (Å²) in [5.41, 5.74) is 8.29. The zero-order valence-electron chi connectivity index (χ0n) is 11.7. The highest BCUT2D eigenvalue weighted by atomic mass is 16.5. The van der Waals surface area contributed by atoms with E-state index < -0.39 is 5.97 Å². The van der Waals surface area contributed by atoms with Crippen molar-refractivity contribution in [1.82, 2.24) is 14.8 Å². The number of pyridine rings is 1. The number of ether oxygens (including phenoxy) is 1. The molecule has 0 saturated heterocycles. The smallest absolute Gasteiger partial charge is 0.342 e. The van der Waals surface area contributed by atoms with E-state index in [-0.39, 0.29) is 6.10 Å². The highest BCUT2D eigenvalue weighted by Crippen LogP contribution is 2.36. The minimum absolute atomic E-state index is 0.344. The van der Waals surface area contributed by atoms with Gasteiger partial charge < -0.3 is 10.5 Å². The molecule has 1 aliphatic heterocycles. The van der Waals surface area contributed by atoms with Gasteiger partial charge in [0.15, 0.2) is 5.65 Å². The summed E-state index contributed by atoms with van der Waals surface area (Å²) >= 11 is 0. The van der Waals surface area contributed by atoms with E-state index in [1.165, 1.54) is 0 Å². The van der Waals surface area contributed by atoms with Crippen molar-refractivity contribution >= 4 is 22.7 Å². The molecule has 6 nitrogen and oxygen atoms in total. The van der Waals surface area contributed by atoms with E-state index in [9.17, 15) is 4.79 Å². The third kappa shape index (κ3) is 1.83. The molecule has 0 aromatic carbocycles. The minimum atomic E-state index is -0.391. The number of aromatic nitrogens is 3. The first-order chi connectivity index (χ1) is 9.63. The molecule has 0 saturated carbocycles. The predicted molar refractivity (Wildman–Crippen MR) is 75.3 cm³/mol. The lowest BCUT2D eigenvalue weighted by molar-refractivity contribution is 0.0418. The van der Waals surface area contributed by atoms with Gasteiger partial charge >= 0.3 is 5.97 Å². The number of nitrogens with two attached hydrogens (primary N) is 1. The average molecular weight is 274 g/mol. The minimum Gasteiger partial charge on any atom is -0.452 e. The number of fused-ring (bicyclic) bond motifs is 2. The monoisotopic (exact) mass is 274 g/mol. The van der Waals surface area contributed by atoms with Crippen molar-refractivity contribution in [2.24, 2.45) is 0 Å². The third-order valence-corrected chi connectivity index (χ3v) is 3.70. The lowest BCUT2D eigenvalue weighted by Crippen LogP contribution is -2.05. The summed E-state index contributed by atoms with van der Waals surface area (Å²) in [5.74, 6) is -0.391. The summed E-state index contributed by atoms with van der Waals surface area (Å²) in [4.78, 5) is 16.4. The first-order valence-corrected chi connectivity index (χ1v) is 6.99. The van der Waals surface area contributed by atoms with Crippen LogP contribution in [0, 0.1) is 0 Å². The molecule has 0 bridgehead atoms. The largest absolute Gasteiger partial charge is 0.452 e. The normalized spacial score (nSPS) is 17.5. The molecule has 2 aromatic heterocycles. The Kier molecular flexibility index (Phi) is 3.08. The van der Waals surface area contributed by atoms with Gasteiger partial charge in [-0.3, -0.25) is 0 Å². The molecule has 0 spiro atoms. The molecule has 0 fully saturated rings. The lowest BCUT2D eigenvalue weighted by atomic mass is 10.1. The van der Waals surface area contributed by atoms with E-state index in [0.717, 1.165) is 36.8 Å². The van der Waals surface area contributed by atoms with Crippen LogP contribution in [0.3, 0.4) is 0 Å². The molecule has 0 aliphatic carbocycles. The zero-order chi connectivity index (χ0) is 14.3. The molecule has 1 aliphatic rings. The Hall–Kier alpha value is -2.11. The van der Waals surface area contributed by atoms with Gasteiger partial charge in [-0.05, 0) is 13.3 Å². The summed E-state index contributed by atoms with van der Waals surface area (Å²) < 4.78 is 7.04. The van der Waals surface area contributed by atoms with Crippen molar-refractivity contribution in [3.05, 3.63) is 17.5 Å². The molecule has 0 amide bonds. The predicted octanol–water partition coefficient (Wildman–Crippen LogP) is 2.44. The molecule has 1 unspecified atom stereocenters. The molecule has 2 aromatic rings. The number of anilines is 1. The first-order valence-electron chi connectivity index (χ1n) is 6.99. The molecule has 106 valence electrons. The molecule has 1 atom stereocenters.